The van der Waals surface area contributed by atoms with E-state index in [2.05, 4.69) is 16.0 Å². The second-order valence-electron chi connectivity index (χ2n) is 7.20. The molecule has 9 heteroatoms. The van der Waals surface area contributed by atoms with Gasteiger partial charge in [0.15, 0.2) is 0 Å². The van der Waals surface area contributed by atoms with Crippen LogP contribution in [0.5, 0.6) is 11.5 Å². The Hall–Kier alpha value is -3.04. The smallest absolute Gasteiger partial charge is 0.405 e. The molecule has 1 aliphatic rings. The number of nitrogens with one attached hydrogen (secondary N) is 2. The average Bonchev–Trinajstić information content (AvgIpc) is 3.37. The zero-order valence-electron chi connectivity index (χ0n) is 16.3. The summed E-state index contributed by atoms with van der Waals surface area (Å²) >= 11 is 0. The first kappa shape index (κ1) is 20.2. The van der Waals surface area contributed by atoms with Crippen LogP contribution in [0.15, 0.2) is 54.9 Å². The molecule has 0 aliphatic carbocycles. The number of hydrazine groups is 1. The van der Waals surface area contributed by atoms with E-state index >= 15 is 0 Å². The van der Waals surface area contributed by atoms with Gasteiger partial charge in [0.05, 0.1) is 25.0 Å². The molecule has 0 radical (unpaired) electrons. The van der Waals surface area contributed by atoms with Crippen LogP contribution in [0.3, 0.4) is 0 Å². The number of benzene rings is 2. The minimum Gasteiger partial charge on any atom is -0.507 e. The monoisotopic (exact) mass is 418 g/mol. The summed E-state index contributed by atoms with van der Waals surface area (Å²) in [5.74, 6) is -0.680. The number of alkyl halides is 3. The van der Waals surface area contributed by atoms with Crippen LogP contribution in [0.25, 0.3) is 5.69 Å². The maximum atomic E-state index is 13.8. The lowest BCUT2D eigenvalue weighted by Gasteiger charge is -2.25. The van der Waals surface area contributed by atoms with Crippen molar-refractivity contribution in [3.8, 4) is 17.2 Å². The lowest BCUT2D eigenvalue weighted by atomic mass is 9.84. The van der Waals surface area contributed by atoms with E-state index in [-0.39, 0.29) is 5.75 Å². The molecule has 1 saturated heterocycles. The van der Waals surface area contributed by atoms with Gasteiger partial charge in [0, 0.05) is 23.2 Å². The van der Waals surface area contributed by atoms with Crippen molar-refractivity contribution in [1.29, 1.82) is 0 Å². The number of para-hydroxylation sites is 1. The Labute approximate surface area is 171 Å². The third-order valence-electron chi connectivity index (χ3n) is 5.44. The molecule has 0 saturated carbocycles. The van der Waals surface area contributed by atoms with E-state index in [0.717, 1.165) is 5.69 Å². The molecular formula is C21H21F3N4O2. The Kier molecular flexibility index (Phi) is 5.17. The number of nitrogens with zero attached hydrogens (tertiary/aromatic N) is 2. The summed E-state index contributed by atoms with van der Waals surface area (Å²) in [6.07, 6.45) is -1.47. The number of aromatic hydroxyl groups is 1. The summed E-state index contributed by atoms with van der Waals surface area (Å²) in [7, 11) is 1.47. The van der Waals surface area contributed by atoms with E-state index in [1.807, 2.05) is 30.3 Å². The van der Waals surface area contributed by atoms with Crippen LogP contribution in [0.1, 0.15) is 28.7 Å². The normalized spacial score (nSPS) is 21.7. The van der Waals surface area contributed by atoms with Crippen LogP contribution in [0.2, 0.25) is 0 Å². The molecule has 1 aliphatic heterocycles. The average molecular weight is 418 g/mol. The summed E-state index contributed by atoms with van der Waals surface area (Å²) in [6.45, 7) is 1.66. The van der Waals surface area contributed by atoms with Crippen molar-refractivity contribution >= 4 is 0 Å². The fraction of sp³-hybridized carbons (Fsp3) is 0.286. The van der Waals surface area contributed by atoms with Gasteiger partial charge in [-0.3, -0.25) is 0 Å². The molecule has 3 aromatic rings. The Morgan fingerprint density at radius 3 is 2.50 bits per heavy atom. The number of methoxy groups -OCH3 is 1. The first-order valence-corrected chi connectivity index (χ1v) is 9.35. The highest BCUT2D eigenvalue weighted by Gasteiger charge is 2.53. The summed E-state index contributed by atoms with van der Waals surface area (Å²) in [5.41, 5.74) is 7.05. The third kappa shape index (κ3) is 3.50. The summed E-state index contributed by atoms with van der Waals surface area (Å²) in [4.78, 5) is 0. The molecule has 1 fully saturated rings. The quantitative estimate of drug-likeness (QED) is 0.602. The van der Waals surface area contributed by atoms with Crippen molar-refractivity contribution in [3.63, 3.8) is 0 Å². The fourth-order valence-corrected chi connectivity index (χ4v) is 3.90. The van der Waals surface area contributed by atoms with Crippen LogP contribution in [-0.4, -0.2) is 34.2 Å². The molecule has 2 heterocycles. The van der Waals surface area contributed by atoms with Gasteiger partial charge in [0.2, 0.25) is 0 Å². The molecule has 3 atom stereocenters. The molecule has 2 aromatic carbocycles. The van der Waals surface area contributed by atoms with Gasteiger partial charge in [0.25, 0.3) is 0 Å². The second kappa shape index (κ2) is 7.66. The van der Waals surface area contributed by atoms with Gasteiger partial charge in [-0.15, -0.1) is 0 Å². The van der Waals surface area contributed by atoms with E-state index in [0.29, 0.717) is 22.4 Å². The van der Waals surface area contributed by atoms with Crippen LogP contribution in [0, 0.1) is 6.92 Å². The number of hydrogen-bond donors (Lipinski definition) is 3. The first-order valence-electron chi connectivity index (χ1n) is 9.35. The summed E-state index contributed by atoms with van der Waals surface area (Å²) in [5, 5.41) is 14.9. The molecule has 0 spiro atoms. The SMILES string of the molecule is COc1ccc(C2NNC(C(F)(F)F)C2c2cnn(-c3ccccc3)c2)c(O)c1C. The van der Waals surface area contributed by atoms with E-state index in [9.17, 15) is 18.3 Å². The van der Waals surface area contributed by atoms with Crippen LogP contribution in [0.4, 0.5) is 13.2 Å². The van der Waals surface area contributed by atoms with E-state index in [1.54, 1.807) is 25.3 Å². The summed E-state index contributed by atoms with van der Waals surface area (Å²) in [6, 6.07) is 9.68. The molecule has 3 unspecified atom stereocenters. The molecule has 1 aromatic heterocycles. The van der Waals surface area contributed by atoms with Gasteiger partial charge in [-0.25, -0.2) is 15.5 Å². The van der Waals surface area contributed by atoms with E-state index in [1.165, 1.54) is 18.0 Å². The van der Waals surface area contributed by atoms with Gasteiger partial charge in [0.1, 0.15) is 17.5 Å². The number of aromatic nitrogens is 2. The second-order valence-corrected chi connectivity index (χ2v) is 7.20. The van der Waals surface area contributed by atoms with Crippen molar-refractivity contribution in [1.82, 2.24) is 20.6 Å². The number of phenolic OH excluding ortho intramolecular Hbond substituents is 1. The van der Waals surface area contributed by atoms with Gasteiger partial charge in [-0.1, -0.05) is 18.2 Å². The third-order valence-corrected chi connectivity index (χ3v) is 5.44. The minimum atomic E-state index is -4.50. The van der Waals surface area contributed by atoms with Crippen LogP contribution < -0.4 is 15.6 Å². The molecule has 30 heavy (non-hydrogen) atoms. The molecule has 0 bridgehead atoms. The zero-order chi connectivity index (χ0) is 21.5. The lowest BCUT2D eigenvalue weighted by Crippen LogP contribution is -2.43. The maximum absolute atomic E-state index is 13.8. The van der Waals surface area contributed by atoms with Crippen molar-refractivity contribution in [2.45, 2.75) is 31.1 Å². The minimum absolute atomic E-state index is 0.100. The largest absolute Gasteiger partial charge is 0.507 e. The van der Waals surface area contributed by atoms with Crippen molar-refractivity contribution in [2.24, 2.45) is 0 Å². The Balaban J connectivity index is 1.77. The fourth-order valence-electron chi connectivity index (χ4n) is 3.90. The molecule has 3 N–H and O–H groups in total. The molecular weight excluding hydrogens is 397 g/mol. The Morgan fingerprint density at radius 2 is 1.83 bits per heavy atom. The van der Waals surface area contributed by atoms with Gasteiger partial charge in [-0.2, -0.15) is 18.3 Å². The lowest BCUT2D eigenvalue weighted by molar-refractivity contribution is -0.156. The predicted octanol–water partition coefficient (Wildman–Crippen LogP) is 3.76. The van der Waals surface area contributed by atoms with Gasteiger partial charge >= 0.3 is 6.18 Å². The number of rotatable bonds is 4. The zero-order valence-corrected chi connectivity index (χ0v) is 16.3. The summed E-state index contributed by atoms with van der Waals surface area (Å²) < 4.78 is 48.1. The van der Waals surface area contributed by atoms with E-state index < -0.39 is 24.2 Å². The number of halogens is 3. The number of hydrogen-bond acceptors (Lipinski definition) is 5. The van der Waals surface area contributed by atoms with Crippen molar-refractivity contribution in [3.05, 3.63) is 71.5 Å². The maximum Gasteiger partial charge on any atom is 0.405 e. The molecule has 4 rings (SSSR count). The Morgan fingerprint density at radius 1 is 1.10 bits per heavy atom. The van der Waals surface area contributed by atoms with Crippen LogP contribution >= 0.6 is 0 Å². The van der Waals surface area contributed by atoms with Crippen LogP contribution in [-0.2, 0) is 0 Å². The van der Waals surface area contributed by atoms with Gasteiger partial charge < -0.3 is 9.84 Å². The molecule has 6 nitrogen and oxygen atoms in total. The number of phenols is 1. The van der Waals surface area contributed by atoms with Crippen molar-refractivity contribution in [2.75, 3.05) is 7.11 Å². The van der Waals surface area contributed by atoms with E-state index in [4.69, 9.17) is 4.74 Å². The topological polar surface area (TPSA) is 71.3 Å². The predicted molar refractivity (Wildman–Crippen MR) is 105 cm³/mol. The highest BCUT2D eigenvalue weighted by Crippen LogP contribution is 2.46. The molecule has 158 valence electrons. The first-order chi connectivity index (χ1) is 14.3. The van der Waals surface area contributed by atoms with Gasteiger partial charge in [-0.05, 0) is 36.8 Å². The highest BCUT2D eigenvalue weighted by atomic mass is 19.4. The standard InChI is InChI=1S/C21H21F3N4O2/c1-12-16(30-2)9-8-15(19(12)29)18-17(20(27-26-18)21(22,23)24)13-10-25-28(11-13)14-6-4-3-5-7-14/h3-11,17-18,20,26-27,29H,1-2H3. The number of ether oxygens (including phenoxy) is 1. The highest BCUT2D eigenvalue weighted by molar-refractivity contribution is 5.51. The molecule has 0 amide bonds. The Bertz CT molecular complexity index is 1040. The van der Waals surface area contributed by atoms with Crippen molar-refractivity contribution < 1.29 is 23.0 Å².